The molecular weight excluding hydrogens is 300 g/mol. The number of carbonyl (C=O) groups excluding carboxylic acids is 2. The number of aliphatic hydroxyl groups is 2. The third-order valence-corrected chi connectivity index (χ3v) is 3.15. The molecule has 0 amide bonds. The maximum atomic E-state index is 11.7. The molecule has 0 saturated carbocycles. The fraction of sp³-hybridized carbons (Fsp3) is 0.500. The van der Waals surface area contributed by atoms with Gasteiger partial charge >= 0.3 is 11.7 Å². The van der Waals surface area contributed by atoms with Gasteiger partial charge in [0.15, 0.2) is 12.3 Å². The highest BCUT2D eigenvalue weighted by atomic mass is 16.6. The second-order valence-corrected chi connectivity index (χ2v) is 4.68. The molecule has 1 aromatic rings. The van der Waals surface area contributed by atoms with Gasteiger partial charge in [0.05, 0.1) is 6.61 Å². The first kappa shape index (κ1) is 16.1. The van der Waals surface area contributed by atoms with E-state index in [0.29, 0.717) is 0 Å². The molecule has 0 bridgehead atoms. The molecule has 0 radical (unpaired) electrons. The predicted molar refractivity (Wildman–Crippen MR) is 68.9 cm³/mol. The van der Waals surface area contributed by atoms with E-state index in [1.165, 1.54) is 0 Å². The van der Waals surface area contributed by atoms with E-state index in [0.717, 1.165) is 23.8 Å². The molecule has 22 heavy (non-hydrogen) atoms. The number of nitrogens with zero attached hydrogens (tertiary/aromatic N) is 1. The first-order chi connectivity index (χ1) is 10.3. The van der Waals surface area contributed by atoms with E-state index in [1.807, 2.05) is 4.98 Å². The van der Waals surface area contributed by atoms with Crippen LogP contribution in [0.5, 0.6) is 0 Å². The van der Waals surface area contributed by atoms with E-state index in [2.05, 4.69) is 0 Å². The van der Waals surface area contributed by atoms with Crippen LogP contribution in [0.4, 0.5) is 0 Å². The van der Waals surface area contributed by atoms with Gasteiger partial charge in [-0.2, -0.15) is 0 Å². The van der Waals surface area contributed by atoms with Crippen LogP contribution in [0.3, 0.4) is 0 Å². The molecule has 0 spiro atoms. The van der Waals surface area contributed by atoms with Crippen LogP contribution in [0, 0.1) is 0 Å². The molecule has 10 heteroatoms. The summed E-state index contributed by atoms with van der Waals surface area (Å²) in [5.41, 5.74) is -1.47. The van der Waals surface area contributed by atoms with Crippen molar-refractivity contribution in [3.05, 3.63) is 33.1 Å². The van der Waals surface area contributed by atoms with Crippen LogP contribution in [0.25, 0.3) is 0 Å². The van der Waals surface area contributed by atoms with Crippen molar-refractivity contribution in [3.63, 3.8) is 0 Å². The van der Waals surface area contributed by atoms with Gasteiger partial charge in [-0.3, -0.25) is 19.1 Å². The van der Waals surface area contributed by atoms with E-state index in [9.17, 15) is 29.4 Å². The van der Waals surface area contributed by atoms with Crippen molar-refractivity contribution in [2.24, 2.45) is 0 Å². The van der Waals surface area contributed by atoms with Gasteiger partial charge in [0, 0.05) is 19.2 Å². The van der Waals surface area contributed by atoms with Crippen molar-refractivity contribution in [2.75, 3.05) is 6.61 Å². The van der Waals surface area contributed by atoms with Crippen molar-refractivity contribution in [3.8, 4) is 0 Å². The second kappa shape index (κ2) is 6.22. The summed E-state index contributed by atoms with van der Waals surface area (Å²) >= 11 is 0. The fourth-order valence-electron chi connectivity index (χ4n) is 2.08. The highest BCUT2D eigenvalue weighted by Gasteiger charge is 2.47. The van der Waals surface area contributed by atoms with Gasteiger partial charge in [0.1, 0.15) is 12.2 Å². The maximum Gasteiger partial charge on any atom is 0.374 e. The summed E-state index contributed by atoms with van der Waals surface area (Å²) in [6.45, 7) is 0.379. The van der Waals surface area contributed by atoms with Gasteiger partial charge < -0.3 is 19.7 Å². The van der Waals surface area contributed by atoms with E-state index in [-0.39, 0.29) is 0 Å². The molecule has 2 rings (SSSR count). The number of nitrogens with one attached hydrogen (secondary N) is 1. The van der Waals surface area contributed by atoms with Crippen LogP contribution in [0.1, 0.15) is 13.2 Å². The van der Waals surface area contributed by atoms with Gasteiger partial charge in [-0.05, 0) is 0 Å². The lowest BCUT2D eigenvalue weighted by atomic mass is 10.1. The average Bonchev–Trinajstić information content (AvgIpc) is 2.76. The third kappa shape index (κ3) is 2.98. The number of aromatic amines is 1. The molecular formula is C12H14N2O8. The summed E-state index contributed by atoms with van der Waals surface area (Å²) in [5, 5.41) is 19.4. The predicted octanol–water partition coefficient (Wildman–Crippen LogP) is -2.71. The van der Waals surface area contributed by atoms with Crippen LogP contribution < -0.4 is 11.2 Å². The molecule has 0 aromatic carbocycles. The van der Waals surface area contributed by atoms with Gasteiger partial charge in [-0.15, -0.1) is 0 Å². The summed E-state index contributed by atoms with van der Waals surface area (Å²) in [5.74, 6) is -2.07. The lowest BCUT2D eigenvalue weighted by Gasteiger charge is -2.19. The highest BCUT2D eigenvalue weighted by Crippen LogP contribution is 2.30. The topological polar surface area (TPSA) is 148 Å². The number of hydrogen-bond donors (Lipinski definition) is 3. The van der Waals surface area contributed by atoms with Crippen LogP contribution in [-0.4, -0.2) is 56.4 Å². The molecule has 1 saturated heterocycles. The molecule has 1 aromatic heterocycles. The van der Waals surface area contributed by atoms with E-state index in [1.54, 1.807) is 0 Å². The summed E-state index contributed by atoms with van der Waals surface area (Å²) in [4.78, 5) is 46.9. The van der Waals surface area contributed by atoms with Crippen molar-refractivity contribution in [1.29, 1.82) is 0 Å². The zero-order valence-electron chi connectivity index (χ0n) is 11.5. The Kier molecular flexibility index (Phi) is 4.54. The molecule has 0 unspecified atom stereocenters. The van der Waals surface area contributed by atoms with Crippen LogP contribution in [0.2, 0.25) is 0 Å². The van der Waals surface area contributed by atoms with Crippen molar-refractivity contribution in [2.45, 2.75) is 31.5 Å². The number of ether oxygens (including phenoxy) is 2. The monoisotopic (exact) mass is 314 g/mol. The largest absolute Gasteiger partial charge is 0.451 e. The molecule has 0 aliphatic carbocycles. The number of Topliss-reactive ketones (excluding diaryl/α,β-unsaturated/α-hetero) is 1. The quantitative estimate of drug-likeness (QED) is 0.401. The minimum absolute atomic E-state index is 0.610. The van der Waals surface area contributed by atoms with Gasteiger partial charge in [-0.1, -0.05) is 0 Å². The van der Waals surface area contributed by atoms with Gasteiger partial charge in [-0.25, -0.2) is 9.59 Å². The molecule has 10 nitrogen and oxygen atoms in total. The number of hydrogen-bond acceptors (Lipinski definition) is 8. The Balaban J connectivity index is 2.29. The Morgan fingerprint density at radius 2 is 2.14 bits per heavy atom. The molecule has 4 atom stereocenters. The zero-order chi connectivity index (χ0) is 16.4. The van der Waals surface area contributed by atoms with Gasteiger partial charge in [0.25, 0.3) is 5.56 Å². The number of rotatable bonds is 4. The molecule has 1 aliphatic heterocycles. The molecule has 1 fully saturated rings. The Bertz CT molecular complexity index is 693. The SMILES string of the molecule is CC(=O)C(=O)O[C@H]1[C@@H](O)[C@H](n2ccc(=O)[nH]c2=O)O[C@@H]1CO. The Morgan fingerprint density at radius 1 is 1.45 bits per heavy atom. The highest BCUT2D eigenvalue weighted by molar-refractivity contribution is 6.32. The lowest BCUT2D eigenvalue weighted by Crippen LogP contribution is -2.40. The van der Waals surface area contributed by atoms with Crippen molar-refractivity contribution in [1.82, 2.24) is 9.55 Å². The molecule has 120 valence electrons. The average molecular weight is 314 g/mol. The fourth-order valence-corrected chi connectivity index (χ4v) is 2.08. The van der Waals surface area contributed by atoms with Crippen molar-refractivity contribution < 1.29 is 29.3 Å². The molecule has 3 N–H and O–H groups in total. The Morgan fingerprint density at radius 3 is 2.68 bits per heavy atom. The van der Waals surface area contributed by atoms with Crippen LogP contribution in [-0.2, 0) is 19.1 Å². The standard InChI is InChI=1S/C12H14N2O8/c1-5(16)11(19)22-9-6(4-15)21-10(8(9)18)14-3-2-7(17)13-12(14)20/h2-3,6,8-10,15,18H,4H2,1H3,(H,13,17,20)/t6-,8-,9-,10-/m1/s1. The first-order valence-corrected chi connectivity index (χ1v) is 6.32. The number of aliphatic hydroxyl groups excluding tert-OH is 2. The van der Waals surface area contributed by atoms with E-state index < -0.39 is 54.1 Å². The summed E-state index contributed by atoms with van der Waals surface area (Å²) in [6, 6.07) is 1.04. The zero-order valence-corrected chi connectivity index (χ0v) is 11.5. The Labute approximate surface area is 122 Å². The summed E-state index contributed by atoms with van der Waals surface area (Å²) in [6.07, 6.45) is -4.15. The van der Waals surface area contributed by atoms with Crippen LogP contribution >= 0.6 is 0 Å². The Hall–Kier alpha value is -2.30. The first-order valence-electron chi connectivity index (χ1n) is 6.32. The van der Waals surface area contributed by atoms with Crippen molar-refractivity contribution >= 4 is 11.8 Å². The van der Waals surface area contributed by atoms with Crippen LogP contribution in [0.15, 0.2) is 21.9 Å². The minimum atomic E-state index is -1.51. The summed E-state index contributed by atoms with van der Waals surface area (Å²) < 4.78 is 11.0. The number of ketones is 1. The van der Waals surface area contributed by atoms with Gasteiger partial charge in [0.2, 0.25) is 5.78 Å². The number of H-pyrrole nitrogens is 1. The van der Waals surface area contributed by atoms with E-state index in [4.69, 9.17) is 9.47 Å². The number of aromatic nitrogens is 2. The normalized spacial score (nSPS) is 27.6. The molecule has 2 heterocycles. The molecule has 1 aliphatic rings. The maximum absolute atomic E-state index is 11.7. The second-order valence-electron chi connectivity index (χ2n) is 4.68. The lowest BCUT2D eigenvalue weighted by molar-refractivity contribution is -0.162. The smallest absolute Gasteiger partial charge is 0.374 e. The van der Waals surface area contributed by atoms with E-state index >= 15 is 0 Å². The summed E-state index contributed by atoms with van der Waals surface area (Å²) in [7, 11) is 0. The third-order valence-electron chi connectivity index (χ3n) is 3.15. The number of carbonyl (C=O) groups is 2. The number of esters is 1. The minimum Gasteiger partial charge on any atom is -0.451 e.